The number of benzene rings is 1. The van der Waals surface area contributed by atoms with Gasteiger partial charge in [-0.2, -0.15) is 0 Å². The van der Waals surface area contributed by atoms with Crippen LogP contribution in [-0.4, -0.2) is 21.1 Å². The summed E-state index contributed by atoms with van der Waals surface area (Å²) in [5.41, 5.74) is 1.81. The molecular weight excluding hydrogens is 282 g/mol. The fourth-order valence-electron chi connectivity index (χ4n) is 1.79. The van der Waals surface area contributed by atoms with Crippen LogP contribution in [-0.2, 0) is 0 Å². The standard InChI is InChI=1S/C12H9N3O2S2/c1-18-7-2-3-8-9(6-7)14-12(13-8)10-4-5-11(19-10)15(16)17/h2-6H,1H3,(H,13,14). The molecule has 7 heteroatoms. The van der Waals surface area contributed by atoms with Gasteiger partial charge in [0.1, 0.15) is 5.82 Å². The maximum Gasteiger partial charge on any atom is 0.324 e. The van der Waals surface area contributed by atoms with Crippen molar-refractivity contribution in [2.75, 3.05) is 6.26 Å². The first-order chi connectivity index (χ1) is 9.17. The zero-order chi connectivity index (χ0) is 13.4. The van der Waals surface area contributed by atoms with E-state index in [1.165, 1.54) is 6.07 Å². The lowest BCUT2D eigenvalue weighted by Crippen LogP contribution is -1.80. The van der Waals surface area contributed by atoms with Crippen molar-refractivity contribution in [3.63, 3.8) is 0 Å². The van der Waals surface area contributed by atoms with Crippen molar-refractivity contribution in [3.8, 4) is 10.7 Å². The van der Waals surface area contributed by atoms with E-state index in [1.807, 2.05) is 24.5 Å². The number of aromatic amines is 1. The molecule has 0 unspecified atom stereocenters. The van der Waals surface area contributed by atoms with Crippen LogP contribution in [0.1, 0.15) is 0 Å². The van der Waals surface area contributed by atoms with Crippen molar-refractivity contribution in [2.24, 2.45) is 0 Å². The lowest BCUT2D eigenvalue weighted by atomic mass is 10.3. The van der Waals surface area contributed by atoms with Gasteiger partial charge in [-0.1, -0.05) is 11.3 Å². The van der Waals surface area contributed by atoms with Crippen LogP contribution in [0, 0.1) is 10.1 Å². The number of thiophene rings is 1. The highest BCUT2D eigenvalue weighted by Gasteiger charge is 2.13. The van der Waals surface area contributed by atoms with Gasteiger partial charge in [0.2, 0.25) is 0 Å². The average Bonchev–Trinajstić information content (AvgIpc) is 3.04. The van der Waals surface area contributed by atoms with Gasteiger partial charge in [0, 0.05) is 11.0 Å². The fraction of sp³-hybridized carbons (Fsp3) is 0.0833. The number of rotatable bonds is 3. The van der Waals surface area contributed by atoms with E-state index in [1.54, 1.807) is 17.8 Å². The van der Waals surface area contributed by atoms with Crippen molar-refractivity contribution in [1.29, 1.82) is 0 Å². The number of thioether (sulfide) groups is 1. The molecule has 1 aromatic carbocycles. The highest BCUT2D eigenvalue weighted by molar-refractivity contribution is 7.98. The molecule has 19 heavy (non-hydrogen) atoms. The number of fused-ring (bicyclic) bond motifs is 1. The van der Waals surface area contributed by atoms with Crippen LogP contribution in [0.3, 0.4) is 0 Å². The van der Waals surface area contributed by atoms with Crippen LogP contribution < -0.4 is 0 Å². The molecule has 0 aliphatic carbocycles. The first-order valence-electron chi connectivity index (χ1n) is 5.46. The lowest BCUT2D eigenvalue weighted by molar-refractivity contribution is -0.380. The normalized spacial score (nSPS) is 11.0. The fourth-order valence-corrected chi connectivity index (χ4v) is 2.99. The molecule has 0 atom stereocenters. The summed E-state index contributed by atoms with van der Waals surface area (Å²) in [6, 6.07) is 9.20. The topological polar surface area (TPSA) is 71.8 Å². The predicted molar refractivity (Wildman–Crippen MR) is 77.8 cm³/mol. The van der Waals surface area contributed by atoms with E-state index in [0.29, 0.717) is 5.82 Å². The minimum absolute atomic E-state index is 0.125. The number of hydrogen-bond acceptors (Lipinski definition) is 5. The summed E-state index contributed by atoms with van der Waals surface area (Å²) in [4.78, 5) is 19.9. The van der Waals surface area contributed by atoms with E-state index in [0.717, 1.165) is 32.1 Å². The van der Waals surface area contributed by atoms with Crippen LogP contribution in [0.5, 0.6) is 0 Å². The zero-order valence-electron chi connectivity index (χ0n) is 9.91. The Morgan fingerprint density at radius 3 is 2.89 bits per heavy atom. The molecule has 0 amide bonds. The molecule has 3 rings (SSSR count). The Hall–Kier alpha value is -1.86. The van der Waals surface area contributed by atoms with Crippen molar-refractivity contribution in [1.82, 2.24) is 9.97 Å². The zero-order valence-corrected chi connectivity index (χ0v) is 11.5. The summed E-state index contributed by atoms with van der Waals surface area (Å²) in [5, 5.41) is 10.8. The van der Waals surface area contributed by atoms with Crippen LogP contribution in [0.15, 0.2) is 35.2 Å². The summed E-state index contributed by atoms with van der Waals surface area (Å²) < 4.78 is 0. The molecule has 0 saturated heterocycles. The Morgan fingerprint density at radius 2 is 2.21 bits per heavy atom. The quantitative estimate of drug-likeness (QED) is 0.451. The van der Waals surface area contributed by atoms with E-state index in [2.05, 4.69) is 9.97 Å². The molecule has 2 aromatic heterocycles. The van der Waals surface area contributed by atoms with E-state index in [-0.39, 0.29) is 9.92 Å². The second kappa shape index (κ2) is 4.67. The van der Waals surface area contributed by atoms with Crippen molar-refractivity contribution in [2.45, 2.75) is 4.90 Å². The second-order valence-corrected chi connectivity index (χ2v) is 5.81. The van der Waals surface area contributed by atoms with Gasteiger partial charge in [0.25, 0.3) is 0 Å². The molecule has 0 spiro atoms. The number of nitrogens with one attached hydrogen (secondary N) is 1. The third-order valence-corrected chi connectivity index (χ3v) is 4.46. The van der Waals surface area contributed by atoms with Crippen molar-refractivity contribution in [3.05, 3.63) is 40.4 Å². The third kappa shape index (κ3) is 2.22. The van der Waals surface area contributed by atoms with Gasteiger partial charge in [-0.15, -0.1) is 11.8 Å². The monoisotopic (exact) mass is 291 g/mol. The number of H-pyrrole nitrogens is 1. The number of nitro groups is 1. The lowest BCUT2D eigenvalue weighted by Gasteiger charge is -1.93. The summed E-state index contributed by atoms with van der Waals surface area (Å²) in [7, 11) is 0. The van der Waals surface area contributed by atoms with E-state index in [9.17, 15) is 10.1 Å². The Morgan fingerprint density at radius 1 is 1.37 bits per heavy atom. The minimum Gasteiger partial charge on any atom is -0.337 e. The van der Waals surface area contributed by atoms with Gasteiger partial charge in [0.15, 0.2) is 0 Å². The van der Waals surface area contributed by atoms with Gasteiger partial charge in [-0.25, -0.2) is 4.98 Å². The molecule has 1 N–H and O–H groups in total. The first kappa shape index (κ1) is 12.2. The average molecular weight is 291 g/mol. The Balaban J connectivity index is 2.06. The van der Waals surface area contributed by atoms with Gasteiger partial charge < -0.3 is 4.98 Å². The molecule has 0 aliphatic rings. The maximum atomic E-state index is 10.7. The molecule has 96 valence electrons. The SMILES string of the molecule is CSc1ccc2nc(-c3ccc([N+](=O)[O-])s3)[nH]c2c1. The molecule has 5 nitrogen and oxygen atoms in total. The van der Waals surface area contributed by atoms with E-state index < -0.39 is 0 Å². The van der Waals surface area contributed by atoms with E-state index in [4.69, 9.17) is 0 Å². The smallest absolute Gasteiger partial charge is 0.324 e. The van der Waals surface area contributed by atoms with Crippen LogP contribution >= 0.6 is 23.1 Å². The first-order valence-corrected chi connectivity index (χ1v) is 7.50. The number of imidazole rings is 1. The van der Waals surface area contributed by atoms with E-state index >= 15 is 0 Å². The second-order valence-electron chi connectivity index (χ2n) is 3.86. The molecule has 2 heterocycles. The molecule has 3 aromatic rings. The summed E-state index contributed by atoms with van der Waals surface area (Å²) in [6.07, 6.45) is 2.01. The van der Waals surface area contributed by atoms with Crippen LogP contribution in [0.25, 0.3) is 21.7 Å². The summed E-state index contributed by atoms with van der Waals surface area (Å²) in [5.74, 6) is 0.673. The van der Waals surface area contributed by atoms with Crippen LogP contribution in [0.4, 0.5) is 5.00 Å². The molecule has 0 bridgehead atoms. The molecule has 0 fully saturated rings. The Labute approximate surface area is 116 Å². The molecule has 0 saturated carbocycles. The number of aromatic nitrogens is 2. The third-order valence-electron chi connectivity index (χ3n) is 2.69. The molecule has 0 aliphatic heterocycles. The van der Waals surface area contributed by atoms with Gasteiger partial charge in [0.05, 0.1) is 20.8 Å². The van der Waals surface area contributed by atoms with Crippen molar-refractivity contribution >= 4 is 39.1 Å². The van der Waals surface area contributed by atoms with Crippen molar-refractivity contribution < 1.29 is 4.92 Å². The summed E-state index contributed by atoms with van der Waals surface area (Å²) in [6.45, 7) is 0. The Bertz CT molecular complexity index is 763. The summed E-state index contributed by atoms with van der Waals surface area (Å²) >= 11 is 2.78. The molecule has 0 radical (unpaired) electrons. The highest BCUT2D eigenvalue weighted by atomic mass is 32.2. The predicted octanol–water partition coefficient (Wildman–Crippen LogP) is 3.92. The van der Waals surface area contributed by atoms with Crippen LogP contribution in [0.2, 0.25) is 0 Å². The Kier molecular flexibility index (Phi) is 3.00. The van der Waals surface area contributed by atoms with Gasteiger partial charge in [-0.3, -0.25) is 10.1 Å². The molecular formula is C12H9N3O2S2. The minimum atomic E-state index is -0.386. The number of nitrogens with zero attached hydrogens (tertiary/aromatic N) is 2. The highest BCUT2D eigenvalue weighted by Crippen LogP contribution is 2.32. The maximum absolute atomic E-state index is 10.7. The van der Waals surface area contributed by atoms with Gasteiger partial charge >= 0.3 is 5.00 Å². The largest absolute Gasteiger partial charge is 0.337 e. The van der Waals surface area contributed by atoms with Gasteiger partial charge in [-0.05, 0) is 30.5 Å². The number of hydrogen-bond donors (Lipinski definition) is 1.